The van der Waals surface area contributed by atoms with Crippen LogP contribution in [0.5, 0.6) is 0 Å². The molecule has 0 aliphatic carbocycles. The van der Waals surface area contributed by atoms with Gasteiger partial charge in [0.15, 0.2) is 0 Å². The average molecular weight is 127 g/mol. The van der Waals surface area contributed by atoms with Gasteiger partial charge >= 0.3 is 0 Å². The fourth-order valence-corrected chi connectivity index (χ4v) is 0.739. The summed E-state index contributed by atoms with van der Waals surface area (Å²) in [5, 5.41) is 4.97. The molecule has 1 fully saturated rings. The van der Waals surface area contributed by atoms with E-state index in [0.717, 1.165) is 0 Å². The first-order valence-electron chi connectivity index (χ1n) is 2.69. The predicted octanol–water partition coefficient (Wildman–Crippen LogP) is 0.591. The third-order valence-electron chi connectivity index (χ3n) is 1.65. The van der Waals surface area contributed by atoms with Crippen molar-refractivity contribution >= 4 is 0 Å². The summed E-state index contributed by atoms with van der Waals surface area (Å²) in [7, 11) is 0. The van der Waals surface area contributed by atoms with Crippen molar-refractivity contribution in [3.05, 3.63) is 10.4 Å². The Labute approximate surface area is 53.0 Å². The molecule has 2 atom stereocenters. The molecule has 5 heteroatoms. The van der Waals surface area contributed by atoms with E-state index < -0.39 is 0 Å². The zero-order valence-corrected chi connectivity index (χ0v) is 5.44. The van der Waals surface area contributed by atoms with E-state index in [1.54, 1.807) is 0 Å². The molecular weight excluding hydrogens is 118 g/mol. The summed E-state index contributed by atoms with van der Waals surface area (Å²) >= 11 is 0. The van der Waals surface area contributed by atoms with Crippen molar-refractivity contribution in [1.29, 1.82) is 0 Å². The van der Waals surface area contributed by atoms with Crippen molar-refractivity contribution in [3.8, 4) is 0 Å². The summed E-state index contributed by atoms with van der Waals surface area (Å²) in [4.78, 5) is 2.65. The lowest BCUT2D eigenvalue weighted by Gasteiger charge is -1.93. The number of hydrogen-bond acceptors (Lipinski definition) is 3. The minimum absolute atomic E-state index is 0.133. The second-order valence-electron chi connectivity index (χ2n) is 2.64. The van der Waals surface area contributed by atoms with Crippen molar-refractivity contribution in [2.24, 2.45) is 11.0 Å². The van der Waals surface area contributed by atoms with Crippen molar-refractivity contribution in [2.75, 3.05) is 0 Å². The molecule has 50 valence electrons. The minimum atomic E-state index is -0.150. The van der Waals surface area contributed by atoms with Crippen LogP contribution in [0, 0.1) is 0 Å². The van der Waals surface area contributed by atoms with Crippen molar-refractivity contribution in [2.45, 2.75) is 25.6 Å². The van der Waals surface area contributed by atoms with E-state index in [4.69, 9.17) is 11.4 Å². The van der Waals surface area contributed by atoms with E-state index in [1.165, 1.54) is 5.01 Å². The highest BCUT2D eigenvalue weighted by Crippen LogP contribution is 2.36. The quantitative estimate of drug-likeness (QED) is 0.184. The Morgan fingerprint density at radius 3 is 2.33 bits per heavy atom. The molecule has 0 aromatic carbocycles. The predicted molar refractivity (Wildman–Crippen MR) is 33.0 cm³/mol. The van der Waals surface area contributed by atoms with Crippen LogP contribution in [0.25, 0.3) is 10.4 Å². The van der Waals surface area contributed by atoms with Crippen LogP contribution in [0.2, 0.25) is 0 Å². The molecule has 1 aliphatic heterocycles. The monoisotopic (exact) mass is 127 g/mol. The maximum absolute atomic E-state index is 8.00. The molecular formula is C4H9N5. The normalized spacial score (nSPS) is 37.2. The second-order valence-corrected chi connectivity index (χ2v) is 2.64. The van der Waals surface area contributed by atoms with Gasteiger partial charge in [-0.2, -0.15) is 0 Å². The Morgan fingerprint density at radius 1 is 1.78 bits per heavy atom. The Bertz CT molecular complexity index is 168. The topological polar surface area (TPSA) is 77.8 Å². The number of nitrogens with two attached hydrogens (primary N) is 1. The summed E-state index contributed by atoms with van der Waals surface area (Å²) in [6.45, 7) is 3.85. The Kier molecular flexibility index (Phi) is 1.13. The van der Waals surface area contributed by atoms with E-state index in [0.29, 0.717) is 0 Å². The first-order chi connectivity index (χ1) is 4.10. The van der Waals surface area contributed by atoms with Crippen LogP contribution in [0.3, 0.4) is 0 Å². The smallest absolute Gasteiger partial charge is 0.122 e. The van der Waals surface area contributed by atoms with Gasteiger partial charge < -0.3 is 0 Å². The fourth-order valence-electron chi connectivity index (χ4n) is 0.739. The Morgan fingerprint density at radius 2 is 2.22 bits per heavy atom. The molecule has 1 saturated heterocycles. The fraction of sp³-hybridized carbons (Fsp3) is 1.00. The number of hydrazine groups is 1. The highest BCUT2D eigenvalue weighted by molar-refractivity contribution is 5.06. The first-order valence-corrected chi connectivity index (χ1v) is 2.69. The molecule has 0 saturated carbocycles. The summed E-state index contributed by atoms with van der Waals surface area (Å²) < 4.78 is 0. The van der Waals surface area contributed by atoms with Gasteiger partial charge in [0.25, 0.3) is 0 Å². The first kappa shape index (κ1) is 6.35. The van der Waals surface area contributed by atoms with E-state index in [9.17, 15) is 0 Å². The SMILES string of the molecule is CC1(C)C(N=[N+]=[N-])N1N. The molecule has 0 aromatic rings. The van der Waals surface area contributed by atoms with Gasteiger partial charge in [0.1, 0.15) is 6.17 Å². The zero-order chi connectivity index (χ0) is 7.07. The highest BCUT2D eigenvalue weighted by atomic mass is 15.6. The van der Waals surface area contributed by atoms with Crippen molar-refractivity contribution in [3.63, 3.8) is 0 Å². The van der Waals surface area contributed by atoms with Gasteiger partial charge in [0.05, 0.1) is 5.54 Å². The molecule has 0 radical (unpaired) electrons. The molecule has 0 spiro atoms. The maximum Gasteiger partial charge on any atom is 0.122 e. The van der Waals surface area contributed by atoms with Crippen LogP contribution in [-0.2, 0) is 0 Å². The molecule has 1 heterocycles. The number of azide groups is 1. The minimum Gasteiger partial charge on any atom is -0.268 e. The van der Waals surface area contributed by atoms with Crippen molar-refractivity contribution in [1.82, 2.24) is 5.01 Å². The number of rotatable bonds is 1. The van der Waals surface area contributed by atoms with Crippen LogP contribution in [0.15, 0.2) is 5.11 Å². The summed E-state index contributed by atoms with van der Waals surface area (Å²) in [6, 6.07) is 0. The molecule has 9 heavy (non-hydrogen) atoms. The number of hydrogen-bond donors (Lipinski definition) is 1. The van der Waals surface area contributed by atoms with Gasteiger partial charge in [-0.15, -0.1) is 0 Å². The Balaban J connectivity index is 2.62. The lowest BCUT2D eigenvalue weighted by atomic mass is 10.2. The van der Waals surface area contributed by atoms with Gasteiger partial charge in [-0.05, 0) is 19.4 Å². The summed E-state index contributed by atoms with van der Waals surface area (Å²) in [5.74, 6) is 5.40. The third kappa shape index (κ3) is 0.751. The maximum atomic E-state index is 8.00. The molecule has 2 unspecified atom stereocenters. The zero-order valence-electron chi connectivity index (χ0n) is 5.44. The largest absolute Gasteiger partial charge is 0.268 e. The van der Waals surface area contributed by atoms with Gasteiger partial charge in [-0.25, -0.2) is 5.01 Å². The molecule has 5 nitrogen and oxygen atoms in total. The molecule has 1 rings (SSSR count). The van der Waals surface area contributed by atoms with Crippen LogP contribution < -0.4 is 5.84 Å². The second kappa shape index (κ2) is 1.60. The highest BCUT2D eigenvalue weighted by Gasteiger charge is 2.53. The third-order valence-corrected chi connectivity index (χ3v) is 1.65. The molecule has 0 amide bonds. The molecule has 1 aliphatic rings. The van der Waals surface area contributed by atoms with Gasteiger partial charge in [0, 0.05) is 4.91 Å². The molecule has 2 N–H and O–H groups in total. The van der Waals surface area contributed by atoms with Crippen LogP contribution >= 0.6 is 0 Å². The van der Waals surface area contributed by atoms with Gasteiger partial charge in [0.2, 0.25) is 0 Å². The van der Waals surface area contributed by atoms with E-state index in [1.807, 2.05) is 13.8 Å². The summed E-state index contributed by atoms with van der Waals surface area (Å²) in [6.07, 6.45) is -0.150. The van der Waals surface area contributed by atoms with E-state index in [-0.39, 0.29) is 11.7 Å². The summed E-state index contributed by atoms with van der Waals surface area (Å²) in [5.41, 5.74) is 7.87. The van der Waals surface area contributed by atoms with Gasteiger partial charge in [-0.3, -0.25) is 5.84 Å². The van der Waals surface area contributed by atoms with Crippen LogP contribution in [0.4, 0.5) is 0 Å². The average Bonchev–Trinajstić information content (AvgIpc) is 2.19. The van der Waals surface area contributed by atoms with Gasteiger partial charge in [-0.1, -0.05) is 5.11 Å². The molecule has 0 aromatic heterocycles. The van der Waals surface area contributed by atoms with Crippen molar-refractivity contribution < 1.29 is 0 Å². The lowest BCUT2D eigenvalue weighted by molar-refractivity contribution is 0.458. The lowest BCUT2D eigenvalue weighted by Crippen LogP contribution is -2.15. The van der Waals surface area contributed by atoms with Crippen LogP contribution in [-0.4, -0.2) is 16.7 Å². The molecule has 0 bridgehead atoms. The van der Waals surface area contributed by atoms with E-state index >= 15 is 0 Å². The van der Waals surface area contributed by atoms with Crippen LogP contribution in [0.1, 0.15) is 13.8 Å². The van der Waals surface area contributed by atoms with E-state index in [2.05, 4.69) is 10.0 Å². The Hall–Kier alpha value is -0.770. The number of nitrogens with zero attached hydrogens (tertiary/aromatic N) is 4. The standard InChI is InChI=1S/C4H9N5/c1-4(2)3(7-8-5)9(4)6/h3H,6H2,1-2H3.